The number of pyridine rings is 2. The first-order valence-corrected chi connectivity index (χ1v) is 8.73. The van der Waals surface area contributed by atoms with Crippen molar-refractivity contribution in [2.45, 2.75) is 26.3 Å². The normalized spacial score (nSPS) is 11.5. The Kier molecular flexibility index (Phi) is 6.12. The Morgan fingerprint density at radius 3 is 2.63 bits per heavy atom. The van der Waals surface area contributed by atoms with Gasteiger partial charge in [-0.15, -0.1) is 0 Å². The summed E-state index contributed by atoms with van der Waals surface area (Å²) in [5.41, 5.74) is 5.00. The van der Waals surface area contributed by atoms with Crippen molar-refractivity contribution in [3.63, 3.8) is 0 Å². The van der Waals surface area contributed by atoms with E-state index in [1.165, 1.54) is 5.56 Å². The second-order valence-corrected chi connectivity index (χ2v) is 6.35. The minimum absolute atomic E-state index is 0.340. The van der Waals surface area contributed by atoms with Crippen molar-refractivity contribution in [1.29, 1.82) is 0 Å². The van der Waals surface area contributed by atoms with Gasteiger partial charge in [0, 0.05) is 30.2 Å². The summed E-state index contributed by atoms with van der Waals surface area (Å²) in [6, 6.07) is 15.2. The van der Waals surface area contributed by atoms with Gasteiger partial charge in [-0.05, 0) is 47.4 Å². The number of ether oxygens (including phenoxy) is 1. The van der Waals surface area contributed by atoms with Gasteiger partial charge in [0.2, 0.25) is 5.88 Å². The van der Waals surface area contributed by atoms with Gasteiger partial charge in [-0.2, -0.15) is 0 Å². The van der Waals surface area contributed by atoms with Crippen molar-refractivity contribution < 1.29 is 9.94 Å². The predicted octanol–water partition coefficient (Wildman–Crippen LogP) is 4.32. The Labute approximate surface area is 158 Å². The number of benzene rings is 1. The highest BCUT2D eigenvalue weighted by molar-refractivity contribution is 5.97. The van der Waals surface area contributed by atoms with Crippen molar-refractivity contribution in [2.75, 3.05) is 0 Å². The average Bonchev–Trinajstić information content (AvgIpc) is 2.70. The van der Waals surface area contributed by atoms with E-state index in [9.17, 15) is 5.21 Å². The molecule has 3 aromatic rings. The van der Waals surface area contributed by atoms with Crippen LogP contribution in [0, 0.1) is 0 Å². The van der Waals surface area contributed by atoms with Crippen LogP contribution in [0.15, 0.2) is 72.1 Å². The second kappa shape index (κ2) is 8.91. The summed E-state index contributed by atoms with van der Waals surface area (Å²) in [4.78, 5) is 12.7. The Bertz CT molecular complexity index is 894. The molecule has 6 heteroatoms. The molecule has 0 atom stereocenters. The maximum absolute atomic E-state index is 9.39. The van der Waals surface area contributed by atoms with Crippen LogP contribution in [0.1, 0.15) is 36.5 Å². The summed E-state index contributed by atoms with van der Waals surface area (Å²) < 4.78 is 5.83. The van der Waals surface area contributed by atoms with Gasteiger partial charge in [0.05, 0.1) is 6.54 Å². The van der Waals surface area contributed by atoms with Crippen LogP contribution in [0.2, 0.25) is 0 Å². The molecule has 0 aliphatic heterocycles. The molecule has 2 heterocycles. The van der Waals surface area contributed by atoms with Gasteiger partial charge in [0.25, 0.3) is 0 Å². The quantitative estimate of drug-likeness (QED) is 0.388. The van der Waals surface area contributed by atoms with E-state index in [2.05, 4.69) is 40.4 Å². The molecule has 2 N–H and O–H groups in total. The fourth-order valence-electron chi connectivity index (χ4n) is 2.49. The first kappa shape index (κ1) is 18.5. The molecule has 0 aliphatic rings. The lowest BCUT2D eigenvalue weighted by molar-refractivity contribution is 0.234. The minimum Gasteiger partial charge on any atom is -0.439 e. The predicted molar refractivity (Wildman–Crippen MR) is 104 cm³/mol. The van der Waals surface area contributed by atoms with Crippen LogP contribution in [0.5, 0.6) is 11.6 Å². The van der Waals surface area contributed by atoms with Crippen molar-refractivity contribution >= 4 is 5.84 Å². The third-order valence-corrected chi connectivity index (χ3v) is 4.03. The Morgan fingerprint density at radius 2 is 1.96 bits per heavy atom. The van der Waals surface area contributed by atoms with E-state index >= 15 is 0 Å². The molecule has 6 nitrogen and oxygen atoms in total. The smallest absolute Gasteiger partial charge is 0.219 e. The van der Waals surface area contributed by atoms with E-state index in [1.807, 2.05) is 30.3 Å². The molecule has 0 amide bonds. The highest BCUT2D eigenvalue weighted by atomic mass is 16.5. The van der Waals surface area contributed by atoms with Gasteiger partial charge in [-0.1, -0.05) is 26.0 Å². The van der Waals surface area contributed by atoms with Crippen LogP contribution in [-0.2, 0) is 6.54 Å². The second-order valence-electron chi connectivity index (χ2n) is 6.35. The molecule has 0 saturated carbocycles. The lowest BCUT2D eigenvalue weighted by Crippen LogP contribution is -2.20. The maximum Gasteiger partial charge on any atom is 0.219 e. The molecule has 0 bridgehead atoms. The molecule has 0 spiro atoms. The minimum atomic E-state index is 0.340. The van der Waals surface area contributed by atoms with Crippen molar-refractivity contribution in [3.05, 3.63) is 83.8 Å². The molecule has 1 aromatic carbocycles. The number of hydrogen-bond acceptors (Lipinski definition) is 5. The monoisotopic (exact) mass is 362 g/mol. The molecule has 0 saturated heterocycles. The highest BCUT2D eigenvalue weighted by Gasteiger charge is 2.06. The molecule has 0 fully saturated rings. The van der Waals surface area contributed by atoms with Gasteiger partial charge in [0.1, 0.15) is 5.75 Å². The lowest BCUT2D eigenvalue weighted by Gasteiger charge is -2.10. The summed E-state index contributed by atoms with van der Waals surface area (Å²) in [6.45, 7) is 4.70. The first-order chi connectivity index (χ1) is 13.2. The van der Waals surface area contributed by atoms with Crippen LogP contribution in [-0.4, -0.2) is 21.0 Å². The van der Waals surface area contributed by atoms with Crippen molar-refractivity contribution in [1.82, 2.24) is 15.4 Å². The van der Waals surface area contributed by atoms with Crippen LogP contribution in [0.4, 0.5) is 0 Å². The molecule has 0 radical (unpaired) electrons. The van der Waals surface area contributed by atoms with E-state index in [0.29, 0.717) is 29.7 Å². The van der Waals surface area contributed by atoms with E-state index in [1.54, 1.807) is 30.7 Å². The van der Waals surface area contributed by atoms with Crippen molar-refractivity contribution in [2.24, 2.45) is 4.99 Å². The molecule has 27 heavy (non-hydrogen) atoms. The third kappa shape index (κ3) is 5.12. The molecule has 0 unspecified atom stereocenters. The van der Waals surface area contributed by atoms with Crippen LogP contribution in [0.25, 0.3) is 0 Å². The van der Waals surface area contributed by atoms with Gasteiger partial charge >= 0.3 is 0 Å². The summed E-state index contributed by atoms with van der Waals surface area (Å²) in [5.74, 6) is 1.99. The molecular weight excluding hydrogens is 340 g/mol. The molecule has 2 aromatic heterocycles. The summed E-state index contributed by atoms with van der Waals surface area (Å²) in [6.07, 6.45) is 5.02. The van der Waals surface area contributed by atoms with Crippen LogP contribution >= 0.6 is 0 Å². The number of hydrogen-bond donors (Lipinski definition) is 2. The number of rotatable bonds is 6. The van der Waals surface area contributed by atoms with Crippen molar-refractivity contribution in [3.8, 4) is 11.6 Å². The van der Waals surface area contributed by atoms with E-state index in [-0.39, 0.29) is 0 Å². The fourth-order valence-corrected chi connectivity index (χ4v) is 2.49. The van der Waals surface area contributed by atoms with Crippen LogP contribution < -0.4 is 10.2 Å². The maximum atomic E-state index is 9.39. The fraction of sp³-hybridized carbons (Fsp3) is 0.190. The Morgan fingerprint density at radius 1 is 1.15 bits per heavy atom. The number of nitrogens with zero attached hydrogens (tertiary/aromatic N) is 3. The number of hydroxylamine groups is 1. The van der Waals surface area contributed by atoms with Gasteiger partial charge in [-0.25, -0.2) is 4.98 Å². The number of amidine groups is 1. The Hall–Kier alpha value is -3.25. The van der Waals surface area contributed by atoms with Gasteiger partial charge in [-0.3, -0.25) is 20.7 Å². The Balaban J connectivity index is 1.71. The average molecular weight is 362 g/mol. The van der Waals surface area contributed by atoms with E-state index in [0.717, 1.165) is 11.3 Å². The highest BCUT2D eigenvalue weighted by Crippen LogP contribution is 2.24. The van der Waals surface area contributed by atoms with Crippen LogP contribution in [0.3, 0.4) is 0 Å². The number of aliphatic imine (C=N–C) groups is 1. The zero-order valence-corrected chi connectivity index (χ0v) is 15.3. The topological polar surface area (TPSA) is 79.6 Å². The standard InChI is InChI=1S/C21H22N4O2/c1-15(2)17-4-3-5-19(12-17)27-20-7-6-18(14-23-20)21(25-26)24-13-16-8-10-22-11-9-16/h3-12,14-15,26H,13H2,1-2H3,(H,24,25). The number of nitrogens with one attached hydrogen (secondary N) is 1. The zero-order valence-electron chi connectivity index (χ0n) is 15.3. The summed E-state index contributed by atoms with van der Waals surface area (Å²) in [5, 5.41) is 9.39. The molecule has 0 aliphatic carbocycles. The first-order valence-electron chi connectivity index (χ1n) is 8.73. The molecule has 138 valence electrons. The lowest BCUT2D eigenvalue weighted by atomic mass is 10.0. The molecular formula is C21H22N4O2. The third-order valence-electron chi connectivity index (χ3n) is 4.03. The summed E-state index contributed by atoms with van der Waals surface area (Å²) in [7, 11) is 0. The number of aromatic nitrogens is 2. The molecule has 3 rings (SSSR count). The SMILES string of the molecule is CC(C)c1cccc(Oc2ccc(C(=NCc3ccncc3)NO)cn2)c1. The zero-order chi connectivity index (χ0) is 19.1. The summed E-state index contributed by atoms with van der Waals surface area (Å²) >= 11 is 0. The van der Waals surface area contributed by atoms with E-state index in [4.69, 9.17) is 4.74 Å². The van der Waals surface area contributed by atoms with E-state index < -0.39 is 0 Å². The van der Waals surface area contributed by atoms with Gasteiger partial charge < -0.3 is 4.74 Å². The van der Waals surface area contributed by atoms with Gasteiger partial charge in [0.15, 0.2) is 5.84 Å². The largest absolute Gasteiger partial charge is 0.439 e.